The molecule has 1 N–H and O–H groups in total. The molecule has 1 atom stereocenters. The molecule has 2 aromatic rings. The summed E-state index contributed by atoms with van der Waals surface area (Å²) < 4.78 is 1.21. The lowest BCUT2D eigenvalue weighted by Crippen LogP contribution is -2.53. The van der Waals surface area contributed by atoms with Crippen LogP contribution < -0.4 is 5.32 Å². The van der Waals surface area contributed by atoms with E-state index in [4.69, 9.17) is 0 Å². The lowest BCUT2D eigenvalue weighted by Gasteiger charge is -2.49. The van der Waals surface area contributed by atoms with Crippen LogP contribution in [0.2, 0.25) is 0 Å². The van der Waals surface area contributed by atoms with E-state index in [1.165, 1.54) is 34.2 Å². The maximum atomic E-state index is 3.77. The lowest BCUT2D eigenvalue weighted by atomic mass is 9.59. The molecule has 1 fully saturated rings. The quantitative estimate of drug-likeness (QED) is 0.747. The second kappa shape index (κ2) is 6.64. The van der Waals surface area contributed by atoms with Crippen molar-refractivity contribution in [1.82, 2.24) is 5.32 Å². The van der Waals surface area contributed by atoms with Gasteiger partial charge in [0.05, 0.1) is 0 Å². The summed E-state index contributed by atoms with van der Waals surface area (Å²) in [5.41, 5.74) is 1.84. The predicted molar refractivity (Wildman–Crippen MR) is 95.2 cm³/mol. The van der Waals surface area contributed by atoms with Crippen molar-refractivity contribution in [3.63, 3.8) is 0 Å². The Labute approximate surface area is 139 Å². The van der Waals surface area contributed by atoms with Gasteiger partial charge in [-0.25, -0.2) is 0 Å². The van der Waals surface area contributed by atoms with Crippen LogP contribution in [0.5, 0.6) is 0 Å². The SMILES string of the molecule is CCNC(Cc1cc(Br)cs1)C1(c2ccccc2)CCC1. The first-order chi connectivity index (χ1) is 10.2. The second-order valence-electron chi connectivity index (χ2n) is 5.92. The summed E-state index contributed by atoms with van der Waals surface area (Å²) in [6, 6.07) is 13.9. The Morgan fingerprint density at radius 2 is 2.05 bits per heavy atom. The molecule has 0 bridgehead atoms. The van der Waals surface area contributed by atoms with Crippen molar-refractivity contribution in [3.8, 4) is 0 Å². The van der Waals surface area contributed by atoms with Crippen LogP contribution in [0.1, 0.15) is 36.6 Å². The van der Waals surface area contributed by atoms with E-state index in [0.29, 0.717) is 11.5 Å². The molecular weight excluding hydrogens is 342 g/mol. The van der Waals surface area contributed by atoms with E-state index in [-0.39, 0.29) is 0 Å². The Kier molecular flexibility index (Phi) is 4.82. The average Bonchev–Trinajstić information content (AvgIpc) is 2.84. The van der Waals surface area contributed by atoms with Gasteiger partial charge in [-0.05, 0) is 53.4 Å². The van der Waals surface area contributed by atoms with Gasteiger partial charge in [0.2, 0.25) is 0 Å². The van der Waals surface area contributed by atoms with Crippen molar-refractivity contribution in [2.45, 2.75) is 44.1 Å². The Hall–Kier alpha value is -0.640. The highest BCUT2D eigenvalue weighted by Crippen LogP contribution is 2.47. The third-order valence-electron chi connectivity index (χ3n) is 4.74. The Morgan fingerprint density at radius 1 is 1.29 bits per heavy atom. The van der Waals surface area contributed by atoms with E-state index in [2.05, 4.69) is 69.9 Å². The lowest BCUT2D eigenvalue weighted by molar-refractivity contribution is 0.170. The molecule has 0 saturated heterocycles. The highest BCUT2D eigenvalue weighted by atomic mass is 79.9. The van der Waals surface area contributed by atoms with Crippen LogP contribution in [0.25, 0.3) is 0 Å². The van der Waals surface area contributed by atoms with Crippen molar-refractivity contribution in [2.24, 2.45) is 0 Å². The molecule has 0 amide bonds. The van der Waals surface area contributed by atoms with E-state index < -0.39 is 0 Å². The summed E-state index contributed by atoms with van der Waals surface area (Å²) in [4.78, 5) is 1.47. The predicted octanol–water partition coefficient (Wildman–Crippen LogP) is 5.15. The van der Waals surface area contributed by atoms with E-state index in [1.807, 2.05) is 11.3 Å². The maximum Gasteiger partial charge on any atom is 0.0285 e. The zero-order valence-electron chi connectivity index (χ0n) is 12.4. The first-order valence-electron chi connectivity index (χ1n) is 7.76. The molecule has 3 rings (SSSR count). The molecule has 3 heteroatoms. The van der Waals surface area contributed by atoms with Crippen LogP contribution in [0.3, 0.4) is 0 Å². The first kappa shape index (κ1) is 15.3. The average molecular weight is 364 g/mol. The normalized spacial score (nSPS) is 18.2. The minimum absolute atomic E-state index is 0.327. The fraction of sp³-hybridized carbons (Fsp3) is 0.444. The maximum absolute atomic E-state index is 3.77. The summed E-state index contributed by atoms with van der Waals surface area (Å²) in [6.45, 7) is 3.25. The summed E-state index contributed by atoms with van der Waals surface area (Å²) in [7, 11) is 0. The van der Waals surface area contributed by atoms with Gasteiger partial charge in [0, 0.05) is 26.2 Å². The first-order valence-corrected chi connectivity index (χ1v) is 9.44. The van der Waals surface area contributed by atoms with Crippen molar-refractivity contribution in [3.05, 3.63) is 56.7 Å². The number of likely N-dealkylation sites (N-methyl/N-ethyl adjacent to an activating group) is 1. The zero-order valence-corrected chi connectivity index (χ0v) is 14.8. The van der Waals surface area contributed by atoms with E-state index in [9.17, 15) is 0 Å². The van der Waals surface area contributed by atoms with Gasteiger partial charge in [-0.15, -0.1) is 11.3 Å². The van der Waals surface area contributed by atoms with Gasteiger partial charge < -0.3 is 5.32 Å². The minimum atomic E-state index is 0.327. The van der Waals surface area contributed by atoms with Gasteiger partial charge in [-0.1, -0.05) is 43.7 Å². The van der Waals surface area contributed by atoms with Gasteiger partial charge in [-0.3, -0.25) is 0 Å². The van der Waals surface area contributed by atoms with Crippen LogP contribution >= 0.6 is 27.3 Å². The number of hydrogen-bond acceptors (Lipinski definition) is 2. The molecule has 1 aliphatic rings. The molecule has 1 heterocycles. The summed E-state index contributed by atoms with van der Waals surface area (Å²) in [6.07, 6.45) is 5.09. The van der Waals surface area contributed by atoms with E-state index in [1.54, 1.807) is 0 Å². The number of thiophene rings is 1. The van der Waals surface area contributed by atoms with Gasteiger partial charge in [-0.2, -0.15) is 0 Å². The van der Waals surface area contributed by atoms with Crippen LogP contribution in [-0.2, 0) is 11.8 Å². The van der Waals surface area contributed by atoms with Crippen LogP contribution in [0.4, 0.5) is 0 Å². The molecule has 1 saturated carbocycles. The number of rotatable bonds is 6. The largest absolute Gasteiger partial charge is 0.313 e. The molecule has 112 valence electrons. The van der Waals surface area contributed by atoms with Crippen LogP contribution in [-0.4, -0.2) is 12.6 Å². The molecule has 1 aromatic carbocycles. The zero-order chi connectivity index (χ0) is 14.7. The summed E-state index contributed by atoms with van der Waals surface area (Å²) >= 11 is 5.44. The van der Waals surface area contributed by atoms with Crippen LogP contribution in [0, 0.1) is 0 Å². The molecule has 0 aliphatic heterocycles. The number of benzene rings is 1. The van der Waals surface area contributed by atoms with Crippen molar-refractivity contribution in [1.29, 1.82) is 0 Å². The molecular formula is C18H22BrNS. The summed E-state index contributed by atoms with van der Waals surface area (Å²) in [5, 5.41) is 5.96. The van der Waals surface area contributed by atoms with Gasteiger partial charge in [0.15, 0.2) is 0 Å². The van der Waals surface area contributed by atoms with Crippen LogP contribution in [0.15, 0.2) is 46.3 Å². The number of halogens is 1. The summed E-state index contributed by atoms with van der Waals surface area (Å²) in [5.74, 6) is 0. The van der Waals surface area contributed by atoms with Gasteiger partial charge in [0.25, 0.3) is 0 Å². The second-order valence-corrected chi connectivity index (χ2v) is 7.83. The van der Waals surface area contributed by atoms with E-state index >= 15 is 0 Å². The monoisotopic (exact) mass is 363 g/mol. The van der Waals surface area contributed by atoms with Crippen molar-refractivity contribution in [2.75, 3.05) is 6.54 Å². The minimum Gasteiger partial charge on any atom is -0.313 e. The smallest absolute Gasteiger partial charge is 0.0285 e. The molecule has 1 unspecified atom stereocenters. The van der Waals surface area contributed by atoms with Crippen molar-refractivity contribution < 1.29 is 0 Å². The Balaban J connectivity index is 1.87. The van der Waals surface area contributed by atoms with E-state index in [0.717, 1.165) is 13.0 Å². The third-order valence-corrected chi connectivity index (χ3v) is 6.46. The number of nitrogens with one attached hydrogen (secondary N) is 1. The Bertz CT molecular complexity index is 574. The highest BCUT2D eigenvalue weighted by molar-refractivity contribution is 9.10. The van der Waals surface area contributed by atoms with Gasteiger partial charge in [0.1, 0.15) is 0 Å². The highest BCUT2D eigenvalue weighted by Gasteiger charge is 2.44. The molecule has 0 radical (unpaired) electrons. The Morgan fingerprint density at radius 3 is 2.57 bits per heavy atom. The topological polar surface area (TPSA) is 12.0 Å². The van der Waals surface area contributed by atoms with Crippen molar-refractivity contribution >= 4 is 27.3 Å². The fourth-order valence-corrected chi connectivity index (χ4v) is 5.04. The molecule has 1 aromatic heterocycles. The molecule has 0 spiro atoms. The molecule has 21 heavy (non-hydrogen) atoms. The van der Waals surface area contributed by atoms with Gasteiger partial charge >= 0.3 is 0 Å². The number of hydrogen-bond donors (Lipinski definition) is 1. The fourth-order valence-electron chi connectivity index (χ4n) is 3.54. The molecule has 1 nitrogen and oxygen atoms in total. The standard InChI is InChI=1S/C18H22BrNS/c1-2-20-17(12-16-11-15(19)13-21-16)18(9-6-10-18)14-7-4-3-5-8-14/h3-5,7-8,11,13,17,20H,2,6,9-10,12H2,1H3. The third kappa shape index (κ3) is 3.10. The molecule has 1 aliphatic carbocycles.